The molecule has 0 spiro atoms. The number of imide groups is 1. The second-order valence-corrected chi connectivity index (χ2v) is 8.09. The molecule has 0 unspecified atom stereocenters. The molecule has 142 valence electrons. The second kappa shape index (κ2) is 7.00. The molecular formula is C20H17ClN4O2S. The Bertz CT molecular complexity index is 1070. The Balaban J connectivity index is 1.85. The molecule has 6 nitrogen and oxygen atoms in total. The van der Waals surface area contributed by atoms with Gasteiger partial charge in [0.25, 0.3) is 5.91 Å². The maximum atomic E-state index is 13.6. The predicted molar refractivity (Wildman–Crippen MR) is 107 cm³/mol. The lowest BCUT2D eigenvalue weighted by atomic mass is 9.81. The first-order valence-electron chi connectivity index (χ1n) is 8.67. The highest BCUT2D eigenvalue weighted by molar-refractivity contribution is 7.10. The number of aromatic nitrogens is 2. The van der Waals surface area contributed by atoms with Gasteiger partial charge in [-0.25, -0.2) is 4.79 Å². The number of hydrogen-bond acceptors (Lipinski definition) is 5. The van der Waals surface area contributed by atoms with Crippen LogP contribution >= 0.6 is 23.1 Å². The summed E-state index contributed by atoms with van der Waals surface area (Å²) in [6, 6.07) is 14.5. The first kappa shape index (κ1) is 18.6. The van der Waals surface area contributed by atoms with Crippen LogP contribution in [0.2, 0.25) is 4.34 Å². The predicted octanol–water partition coefficient (Wildman–Crippen LogP) is 3.80. The number of benzene rings is 2. The smallest absolute Gasteiger partial charge is 0.315 e. The van der Waals surface area contributed by atoms with E-state index in [0.717, 1.165) is 27.6 Å². The van der Waals surface area contributed by atoms with Crippen LogP contribution in [-0.4, -0.2) is 26.4 Å². The first-order chi connectivity index (χ1) is 13.4. The van der Waals surface area contributed by atoms with Crippen molar-refractivity contribution in [3.63, 3.8) is 0 Å². The Morgan fingerprint density at radius 3 is 2.46 bits per heavy atom. The fraction of sp³-hybridized carbons (Fsp3) is 0.200. The minimum Gasteiger partial charge on any atom is -0.315 e. The quantitative estimate of drug-likeness (QED) is 0.661. The van der Waals surface area contributed by atoms with Crippen molar-refractivity contribution in [3.05, 3.63) is 80.8 Å². The van der Waals surface area contributed by atoms with E-state index in [1.807, 2.05) is 62.4 Å². The number of hydrogen-bond donors (Lipinski definition) is 1. The highest BCUT2D eigenvalue weighted by Gasteiger charge is 2.54. The van der Waals surface area contributed by atoms with Gasteiger partial charge in [0.1, 0.15) is 10.0 Å². The van der Waals surface area contributed by atoms with E-state index in [-0.39, 0.29) is 12.5 Å². The van der Waals surface area contributed by atoms with Crippen molar-refractivity contribution in [1.82, 2.24) is 19.8 Å². The second-order valence-electron chi connectivity index (χ2n) is 6.73. The molecule has 28 heavy (non-hydrogen) atoms. The lowest BCUT2D eigenvalue weighted by Gasteiger charge is -2.28. The van der Waals surface area contributed by atoms with E-state index in [0.29, 0.717) is 21.2 Å². The molecule has 0 saturated carbocycles. The van der Waals surface area contributed by atoms with Gasteiger partial charge in [0, 0.05) is 11.5 Å². The number of carbonyl (C=O) groups is 2. The molecule has 1 aliphatic rings. The molecule has 0 bridgehead atoms. The largest absolute Gasteiger partial charge is 0.325 e. The van der Waals surface area contributed by atoms with Gasteiger partial charge in [-0.05, 0) is 36.1 Å². The van der Waals surface area contributed by atoms with Crippen molar-refractivity contribution in [2.45, 2.75) is 25.9 Å². The third-order valence-corrected chi connectivity index (χ3v) is 6.05. The van der Waals surface area contributed by atoms with Gasteiger partial charge < -0.3 is 5.32 Å². The summed E-state index contributed by atoms with van der Waals surface area (Å²) in [7, 11) is 0. The maximum absolute atomic E-state index is 13.6. The van der Waals surface area contributed by atoms with Crippen LogP contribution in [0.15, 0.2) is 48.5 Å². The zero-order chi connectivity index (χ0) is 19.9. The molecule has 0 aliphatic carbocycles. The number of carbonyl (C=O) groups excluding carboxylic acids is 2. The molecular weight excluding hydrogens is 396 g/mol. The molecule has 1 N–H and O–H groups in total. The Morgan fingerprint density at radius 1 is 1.07 bits per heavy atom. The van der Waals surface area contributed by atoms with Gasteiger partial charge in [-0.15, -0.1) is 5.10 Å². The summed E-state index contributed by atoms with van der Waals surface area (Å²) in [6.07, 6.45) is 0. The van der Waals surface area contributed by atoms with Crippen molar-refractivity contribution in [2.75, 3.05) is 0 Å². The Labute approximate surface area is 171 Å². The number of amides is 3. The highest BCUT2D eigenvalue weighted by atomic mass is 35.5. The number of nitrogens with zero attached hydrogens (tertiary/aromatic N) is 3. The minimum absolute atomic E-state index is 0.0283. The van der Waals surface area contributed by atoms with Crippen LogP contribution in [0.3, 0.4) is 0 Å². The molecule has 3 amide bonds. The minimum atomic E-state index is -1.30. The lowest BCUT2D eigenvalue weighted by molar-refractivity contribution is -0.130. The molecule has 1 saturated heterocycles. The van der Waals surface area contributed by atoms with Crippen molar-refractivity contribution < 1.29 is 9.59 Å². The van der Waals surface area contributed by atoms with Gasteiger partial charge in [-0.3, -0.25) is 9.69 Å². The van der Waals surface area contributed by atoms with Crippen LogP contribution in [0.4, 0.5) is 4.79 Å². The molecule has 1 atom stereocenters. The molecule has 1 aromatic heterocycles. The third-order valence-electron chi connectivity index (χ3n) is 5.07. The molecule has 2 heterocycles. The van der Waals surface area contributed by atoms with Crippen LogP contribution in [-0.2, 0) is 16.9 Å². The molecule has 3 aromatic rings. The molecule has 1 fully saturated rings. The average Bonchev–Trinajstić information content (AvgIpc) is 3.21. The number of halogens is 1. The molecule has 8 heteroatoms. The molecule has 2 aromatic carbocycles. The molecule has 0 radical (unpaired) electrons. The summed E-state index contributed by atoms with van der Waals surface area (Å²) in [5.74, 6) is -0.365. The van der Waals surface area contributed by atoms with Crippen molar-refractivity contribution in [3.8, 4) is 0 Å². The summed E-state index contributed by atoms with van der Waals surface area (Å²) < 4.78 is 4.14. The summed E-state index contributed by atoms with van der Waals surface area (Å²) in [6.45, 7) is 3.96. The Hall–Kier alpha value is -2.77. The molecule has 1 aliphatic heterocycles. The van der Waals surface area contributed by atoms with E-state index < -0.39 is 11.6 Å². The normalized spacial score (nSPS) is 19.2. The van der Waals surface area contributed by atoms with Gasteiger partial charge in [0.2, 0.25) is 0 Å². The number of nitrogens with one attached hydrogen (secondary N) is 1. The van der Waals surface area contributed by atoms with Crippen LogP contribution in [0.25, 0.3) is 0 Å². The van der Waals surface area contributed by atoms with E-state index in [2.05, 4.69) is 14.9 Å². The van der Waals surface area contributed by atoms with E-state index in [4.69, 9.17) is 11.6 Å². The van der Waals surface area contributed by atoms with Gasteiger partial charge in [0.05, 0.1) is 6.54 Å². The van der Waals surface area contributed by atoms with E-state index in [1.165, 1.54) is 0 Å². The third kappa shape index (κ3) is 2.87. The van der Waals surface area contributed by atoms with Crippen molar-refractivity contribution >= 4 is 35.1 Å². The fourth-order valence-electron chi connectivity index (χ4n) is 3.38. The zero-order valence-corrected chi connectivity index (χ0v) is 16.8. The lowest BCUT2D eigenvalue weighted by Crippen LogP contribution is -2.45. The SMILES string of the molecule is Cc1ccc([C@@]2(c3ccccc3)NC(=O)N(Cc3nnsc3Cl)C2=O)cc1C. The van der Waals surface area contributed by atoms with Crippen LogP contribution in [0, 0.1) is 13.8 Å². The van der Waals surface area contributed by atoms with Gasteiger partial charge in [0.15, 0.2) is 5.54 Å². The number of aryl methyl sites for hydroxylation is 2. The van der Waals surface area contributed by atoms with Crippen LogP contribution in [0.5, 0.6) is 0 Å². The highest BCUT2D eigenvalue weighted by Crippen LogP contribution is 2.37. The van der Waals surface area contributed by atoms with E-state index in [9.17, 15) is 9.59 Å². The zero-order valence-electron chi connectivity index (χ0n) is 15.3. The Kier molecular flexibility index (Phi) is 4.64. The Morgan fingerprint density at radius 2 is 1.82 bits per heavy atom. The average molecular weight is 413 g/mol. The van der Waals surface area contributed by atoms with Crippen LogP contribution < -0.4 is 5.32 Å². The standard InChI is InChI=1S/C20H17ClN4O2S/c1-12-8-9-15(10-13(12)2)20(14-6-4-3-5-7-14)18(26)25(19(27)22-20)11-16-17(21)28-24-23-16/h3-10H,11H2,1-2H3,(H,22,27)/t20-/m1/s1. The van der Waals surface area contributed by atoms with Crippen LogP contribution in [0.1, 0.15) is 27.9 Å². The van der Waals surface area contributed by atoms with Gasteiger partial charge in [-0.2, -0.15) is 0 Å². The monoisotopic (exact) mass is 412 g/mol. The first-order valence-corrected chi connectivity index (χ1v) is 9.82. The number of urea groups is 1. The van der Waals surface area contributed by atoms with E-state index in [1.54, 1.807) is 0 Å². The maximum Gasteiger partial charge on any atom is 0.325 e. The summed E-state index contributed by atoms with van der Waals surface area (Å²) in [5.41, 5.74) is 2.67. The summed E-state index contributed by atoms with van der Waals surface area (Å²) in [5, 5.41) is 6.86. The van der Waals surface area contributed by atoms with Gasteiger partial charge in [-0.1, -0.05) is 64.6 Å². The summed E-state index contributed by atoms with van der Waals surface area (Å²) in [4.78, 5) is 27.6. The van der Waals surface area contributed by atoms with E-state index >= 15 is 0 Å². The van der Waals surface area contributed by atoms with Gasteiger partial charge >= 0.3 is 6.03 Å². The number of rotatable bonds is 4. The van der Waals surface area contributed by atoms with Crippen molar-refractivity contribution in [1.29, 1.82) is 0 Å². The van der Waals surface area contributed by atoms with Crippen molar-refractivity contribution in [2.24, 2.45) is 0 Å². The topological polar surface area (TPSA) is 75.2 Å². The molecule has 4 rings (SSSR count). The summed E-state index contributed by atoms with van der Waals surface area (Å²) >= 11 is 7.10. The fourth-order valence-corrected chi connectivity index (χ4v) is 3.99.